The summed E-state index contributed by atoms with van der Waals surface area (Å²) in [5.41, 5.74) is 2.78. The van der Waals surface area contributed by atoms with E-state index in [4.69, 9.17) is 0 Å². The second-order valence-electron chi connectivity index (χ2n) is 6.18. The number of urea groups is 1. The van der Waals surface area contributed by atoms with Crippen LogP contribution in [0.2, 0.25) is 0 Å². The zero-order chi connectivity index (χ0) is 14.7. The molecule has 0 bridgehead atoms. The maximum atomic E-state index is 12.5. The first-order valence-electron chi connectivity index (χ1n) is 6.60. The quantitative estimate of drug-likeness (QED) is 0.700. The third-order valence-electron chi connectivity index (χ3n) is 3.84. The van der Waals surface area contributed by atoms with Gasteiger partial charge in [-0.1, -0.05) is 0 Å². The highest BCUT2D eigenvalue weighted by Gasteiger charge is 2.35. The van der Waals surface area contributed by atoms with Crippen molar-refractivity contribution in [2.75, 3.05) is 11.9 Å². The minimum Gasteiger partial charge on any atom is -0.317 e. The number of nitrogens with zero attached hydrogens (tertiary/aromatic N) is 4. The molecule has 2 aromatic rings. The number of hydrogen-bond acceptors (Lipinski definition) is 2. The van der Waals surface area contributed by atoms with E-state index in [0.29, 0.717) is 6.54 Å². The average Bonchev–Trinajstić information content (AvgIpc) is 2.74. The highest BCUT2D eigenvalue weighted by molar-refractivity contribution is 7.14. The maximum absolute atomic E-state index is 12.5. The molecule has 0 N–H and O–H groups in total. The smallest absolute Gasteiger partial charge is 0.317 e. The third-order valence-corrected chi connectivity index (χ3v) is 4.25. The van der Waals surface area contributed by atoms with Crippen molar-refractivity contribution in [2.24, 2.45) is 0 Å². The van der Waals surface area contributed by atoms with Gasteiger partial charge < -0.3 is 9.24 Å². The van der Waals surface area contributed by atoms with Gasteiger partial charge in [0.2, 0.25) is 0 Å². The zero-order valence-corrected chi connectivity index (χ0v) is 13.4. The molecule has 0 saturated heterocycles. The van der Waals surface area contributed by atoms with Gasteiger partial charge in [-0.05, 0) is 36.2 Å². The Hall–Kier alpha value is -1.61. The molecule has 0 aliphatic carbocycles. The summed E-state index contributed by atoms with van der Waals surface area (Å²) in [5, 5.41) is 1.10. The summed E-state index contributed by atoms with van der Waals surface area (Å²) in [6.07, 6.45) is 3.76. The van der Waals surface area contributed by atoms with Gasteiger partial charge in [-0.25, -0.2) is 9.78 Å². The lowest BCUT2D eigenvalue weighted by Crippen LogP contribution is -2.53. The standard InChI is InChI=1S/C14H19N4OP/c1-14(2,3)17-8-10-9-5-6-18(20)12(9)15-7-11(10)16(4)13(17)19/h5-7H,8,20H2,1-4H3. The molecule has 106 valence electrons. The van der Waals surface area contributed by atoms with E-state index < -0.39 is 0 Å². The van der Waals surface area contributed by atoms with E-state index in [0.717, 1.165) is 22.3 Å². The molecule has 3 rings (SSSR count). The molecule has 1 aliphatic heterocycles. The fraction of sp³-hybridized carbons (Fsp3) is 0.429. The lowest BCUT2D eigenvalue weighted by atomic mass is 10.0. The number of anilines is 1. The lowest BCUT2D eigenvalue weighted by Gasteiger charge is -2.42. The van der Waals surface area contributed by atoms with Crippen molar-refractivity contribution in [1.82, 2.24) is 14.2 Å². The van der Waals surface area contributed by atoms with Gasteiger partial charge in [0.1, 0.15) is 5.65 Å². The highest BCUT2D eigenvalue weighted by Crippen LogP contribution is 2.35. The summed E-state index contributed by atoms with van der Waals surface area (Å²) in [5.74, 6) is 0. The van der Waals surface area contributed by atoms with Gasteiger partial charge in [0.25, 0.3) is 0 Å². The Morgan fingerprint density at radius 1 is 1.35 bits per heavy atom. The van der Waals surface area contributed by atoms with E-state index >= 15 is 0 Å². The summed E-state index contributed by atoms with van der Waals surface area (Å²) < 4.78 is 1.92. The summed E-state index contributed by atoms with van der Waals surface area (Å²) >= 11 is 0. The Labute approximate surface area is 120 Å². The molecule has 1 atom stereocenters. The number of hydrogen-bond donors (Lipinski definition) is 0. The zero-order valence-electron chi connectivity index (χ0n) is 12.2. The Morgan fingerprint density at radius 2 is 2.05 bits per heavy atom. The number of carbonyl (C=O) groups excluding carboxylic acids is 1. The molecule has 0 spiro atoms. The molecular formula is C14H19N4OP. The Morgan fingerprint density at radius 3 is 2.70 bits per heavy atom. The van der Waals surface area contributed by atoms with Crippen LogP contribution in [0.1, 0.15) is 26.3 Å². The van der Waals surface area contributed by atoms with Crippen molar-refractivity contribution >= 4 is 32.1 Å². The van der Waals surface area contributed by atoms with E-state index in [1.54, 1.807) is 11.1 Å². The van der Waals surface area contributed by atoms with Crippen LogP contribution in [0.5, 0.6) is 0 Å². The second kappa shape index (κ2) is 4.19. The van der Waals surface area contributed by atoms with Crippen LogP contribution in [0.25, 0.3) is 11.0 Å². The number of pyridine rings is 1. The van der Waals surface area contributed by atoms with Crippen molar-refractivity contribution in [2.45, 2.75) is 32.9 Å². The topological polar surface area (TPSA) is 41.4 Å². The number of amides is 2. The number of rotatable bonds is 0. The molecule has 0 fully saturated rings. The largest absolute Gasteiger partial charge is 0.325 e. The van der Waals surface area contributed by atoms with Crippen LogP contribution in [-0.4, -0.2) is 32.8 Å². The predicted octanol–water partition coefficient (Wildman–Crippen LogP) is 2.84. The van der Waals surface area contributed by atoms with Gasteiger partial charge in [-0.2, -0.15) is 0 Å². The predicted molar refractivity (Wildman–Crippen MR) is 83.9 cm³/mol. The number of fused-ring (bicyclic) bond motifs is 3. The molecule has 20 heavy (non-hydrogen) atoms. The summed E-state index contributed by atoms with van der Waals surface area (Å²) in [6, 6.07) is 2.08. The van der Waals surface area contributed by atoms with Gasteiger partial charge in [0.05, 0.1) is 18.4 Å². The van der Waals surface area contributed by atoms with Crippen molar-refractivity contribution in [1.29, 1.82) is 0 Å². The molecule has 5 nitrogen and oxygen atoms in total. The van der Waals surface area contributed by atoms with E-state index in [-0.39, 0.29) is 11.6 Å². The normalized spacial score (nSPS) is 15.9. The molecule has 0 aromatic carbocycles. The first-order valence-corrected chi connectivity index (χ1v) is 7.11. The average molecular weight is 290 g/mol. The van der Waals surface area contributed by atoms with E-state index in [1.165, 1.54) is 0 Å². The molecule has 1 aliphatic rings. The fourth-order valence-corrected chi connectivity index (χ4v) is 2.93. The van der Waals surface area contributed by atoms with Gasteiger partial charge in [0, 0.05) is 29.7 Å². The monoisotopic (exact) mass is 290 g/mol. The highest BCUT2D eigenvalue weighted by atomic mass is 31.0. The van der Waals surface area contributed by atoms with Crippen LogP contribution in [0, 0.1) is 0 Å². The van der Waals surface area contributed by atoms with E-state index in [2.05, 4.69) is 41.2 Å². The number of carbonyl (C=O) groups is 1. The van der Waals surface area contributed by atoms with Crippen molar-refractivity contribution < 1.29 is 4.79 Å². The molecular weight excluding hydrogens is 271 g/mol. The molecule has 6 heteroatoms. The molecule has 0 radical (unpaired) electrons. The fourth-order valence-electron chi connectivity index (χ4n) is 2.64. The third kappa shape index (κ3) is 1.80. The molecule has 0 saturated carbocycles. The van der Waals surface area contributed by atoms with Crippen LogP contribution in [0.3, 0.4) is 0 Å². The van der Waals surface area contributed by atoms with Crippen LogP contribution in [-0.2, 0) is 6.54 Å². The second-order valence-corrected chi connectivity index (χ2v) is 6.74. The first kappa shape index (κ1) is 13.4. The van der Waals surface area contributed by atoms with Crippen LogP contribution < -0.4 is 4.90 Å². The summed E-state index contributed by atoms with van der Waals surface area (Å²) in [4.78, 5) is 20.5. The minimum absolute atomic E-state index is 0.0245. The van der Waals surface area contributed by atoms with Crippen LogP contribution in [0.4, 0.5) is 10.5 Å². The lowest BCUT2D eigenvalue weighted by molar-refractivity contribution is 0.143. The maximum Gasteiger partial charge on any atom is 0.325 e. The Balaban J connectivity index is 2.22. The minimum atomic E-state index is -0.206. The van der Waals surface area contributed by atoms with Crippen molar-refractivity contribution in [3.8, 4) is 0 Å². The van der Waals surface area contributed by atoms with Gasteiger partial charge in [-0.3, -0.25) is 4.90 Å². The SMILES string of the molecule is CN1C(=O)N(C(C)(C)C)Cc2c1cnc1c2ccn1P. The van der Waals surface area contributed by atoms with Gasteiger partial charge in [-0.15, -0.1) is 0 Å². The van der Waals surface area contributed by atoms with Gasteiger partial charge >= 0.3 is 6.03 Å². The molecule has 1 unspecified atom stereocenters. The summed E-state index contributed by atoms with van der Waals surface area (Å²) in [6.45, 7) is 6.80. The molecule has 3 heterocycles. The van der Waals surface area contributed by atoms with E-state index in [9.17, 15) is 4.79 Å². The van der Waals surface area contributed by atoms with E-state index in [1.807, 2.05) is 22.5 Å². The summed E-state index contributed by atoms with van der Waals surface area (Å²) in [7, 11) is 4.44. The van der Waals surface area contributed by atoms with Crippen LogP contribution in [0.15, 0.2) is 18.5 Å². The molecule has 2 amide bonds. The van der Waals surface area contributed by atoms with Crippen molar-refractivity contribution in [3.05, 3.63) is 24.0 Å². The molecule has 2 aromatic heterocycles. The first-order chi connectivity index (χ1) is 9.30. The Kier molecular flexibility index (Phi) is 2.80. The van der Waals surface area contributed by atoms with Crippen molar-refractivity contribution in [3.63, 3.8) is 0 Å². The van der Waals surface area contributed by atoms with Crippen LogP contribution >= 0.6 is 9.39 Å². The Bertz CT molecular complexity index is 701. The number of aromatic nitrogens is 2. The van der Waals surface area contributed by atoms with Gasteiger partial charge in [0.15, 0.2) is 0 Å².